The van der Waals surface area contributed by atoms with Crippen LogP contribution >= 0.6 is 0 Å². The van der Waals surface area contributed by atoms with Crippen molar-refractivity contribution in [2.75, 3.05) is 23.7 Å². The van der Waals surface area contributed by atoms with Crippen molar-refractivity contribution >= 4 is 22.9 Å². The Kier molecular flexibility index (Phi) is 6.54. The highest BCUT2D eigenvalue weighted by molar-refractivity contribution is 5.83. The average molecular weight is 482 g/mol. The lowest BCUT2D eigenvalue weighted by molar-refractivity contribution is -0.137. The molecule has 4 aromatic rings. The molecule has 2 aromatic carbocycles. The van der Waals surface area contributed by atoms with E-state index in [0.717, 1.165) is 44.6 Å². The Balaban J connectivity index is 1.24. The SMILES string of the molecule is FC(F)(F)c1cccc(CNc2nc(NC3CCN(Cc4ccccc4)CC3)c3[nH]cnc3n2)c1. The number of fused-ring (bicyclic) bond motifs is 1. The van der Waals surface area contributed by atoms with Gasteiger partial charge in [-0.25, -0.2) is 4.98 Å². The summed E-state index contributed by atoms with van der Waals surface area (Å²) in [7, 11) is 0. The average Bonchev–Trinajstić information content (AvgIpc) is 3.33. The molecule has 3 N–H and O–H groups in total. The van der Waals surface area contributed by atoms with Crippen molar-refractivity contribution in [3.05, 3.63) is 77.6 Å². The van der Waals surface area contributed by atoms with Crippen molar-refractivity contribution in [2.45, 2.75) is 38.1 Å². The second-order valence-corrected chi connectivity index (χ2v) is 8.73. The number of benzene rings is 2. The molecule has 1 aliphatic heterocycles. The first-order chi connectivity index (χ1) is 16.9. The molecule has 0 saturated carbocycles. The van der Waals surface area contributed by atoms with Gasteiger partial charge in [0.2, 0.25) is 5.95 Å². The number of aromatic amines is 1. The zero-order valence-corrected chi connectivity index (χ0v) is 19.0. The van der Waals surface area contributed by atoms with Crippen LogP contribution in [-0.2, 0) is 19.3 Å². The number of alkyl halides is 3. The maximum absolute atomic E-state index is 13.0. The standard InChI is InChI=1S/C25H26F3N7/c26-25(27,28)19-8-4-7-18(13-19)14-29-24-33-22-21(30-16-31-22)23(34-24)32-20-9-11-35(12-10-20)15-17-5-2-1-3-6-17/h1-8,13,16,20H,9-12,14-15H2,(H3,29,30,31,32,33,34). The van der Waals surface area contributed by atoms with Crippen LogP contribution in [0.25, 0.3) is 11.2 Å². The minimum atomic E-state index is -4.38. The summed E-state index contributed by atoms with van der Waals surface area (Å²) in [5.41, 5.74) is 2.33. The van der Waals surface area contributed by atoms with Crippen LogP contribution in [0.1, 0.15) is 29.5 Å². The van der Waals surface area contributed by atoms with E-state index >= 15 is 0 Å². The number of nitrogens with one attached hydrogen (secondary N) is 3. The Hall–Kier alpha value is -3.66. The van der Waals surface area contributed by atoms with Gasteiger partial charge in [-0.1, -0.05) is 42.5 Å². The first-order valence-corrected chi connectivity index (χ1v) is 11.6. The largest absolute Gasteiger partial charge is 0.416 e. The second-order valence-electron chi connectivity index (χ2n) is 8.73. The van der Waals surface area contributed by atoms with E-state index < -0.39 is 11.7 Å². The topological polar surface area (TPSA) is 81.8 Å². The third kappa shape index (κ3) is 5.71. The minimum absolute atomic E-state index is 0.164. The molecule has 0 unspecified atom stereocenters. The Morgan fingerprint density at radius 3 is 2.51 bits per heavy atom. The van der Waals surface area contributed by atoms with E-state index in [2.05, 4.69) is 59.7 Å². The summed E-state index contributed by atoms with van der Waals surface area (Å²) in [6.45, 7) is 3.06. The van der Waals surface area contributed by atoms with E-state index in [4.69, 9.17) is 0 Å². The zero-order chi connectivity index (χ0) is 24.3. The zero-order valence-electron chi connectivity index (χ0n) is 19.0. The second kappa shape index (κ2) is 9.91. The molecule has 182 valence electrons. The number of piperidine rings is 1. The van der Waals surface area contributed by atoms with Gasteiger partial charge in [0.1, 0.15) is 5.52 Å². The molecule has 3 heterocycles. The predicted molar refractivity (Wildman–Crippen MR) is 129 cm³/mol. The molecule has 0 amide bonds. The first-order valence-electron chi connectivity index (χ1n) is 11.6. The van der Waals surface area contributed by atoms with Crippen LogP contribution in [0.2, 0.25) is 0 Å². The van der Waals surface area contributed by atoms with Gasteiger partial charge in [-0.2, -0.15) is 23.1 Å². The molecule has 0 spiro atoms. The minimum Gasteiger partial charge on any atom is -0.365 e. The number of hydrogen-bond donors (Lipinski definition) is 3. The molecule has 2 aromatic heterocycles. The van der Waals surface area contributed by atoms with Crippen LogP contribution in [0.15, 0.2) is 60.9 Å². The molecular weight excluding hydrogens is 455 g/mol. The Bertz CT molecular complexity index is 1270. The van der Waals surface area contributed by atoms with Crippen LogP contribution in [0, 0.1) is 0 Å². The summed E-state index contributed by atoms with van der Waals surface area (Å²) >= 11 is 0. The Labute approximate surface area is 200 Å². The fourth-order valence-electron chi connectivity index (χ4n) is 4.33. The fraction of sp³-hybridized carbons (Fsp3) is 0.320. The molecule has 1 saturated heterocycles. The molecule has 1 fully saturated rings. The monoisotopic (exact) mass is 481 g/mol. The van der Waals surface area contributed by atoms with E-state index in [1.165, 1.54) is 11.6 Å². The van der Waals surface area contributed by atoms with Gasteiger partial charge >= 0.3 is 6.18 Å². The summed E-state index contributed by atoms with van der Waals surface area (Å²) in [6.07, 6.45) is -0.878. The van der Waals surface area contributed by atoms with Crippen LogP contribution in [0.5, 0.6) is 0 Å². The lowest BCUT2D eigenvalue weighted by atomic mass is 10.0. The molecule has 0 aliphatic carbocycles. The van der Waals surface area contributed by atoms with E-state index in [9.17, 15) is 13.2 Å². The maximum Gasteiger partial charge on any atom is 0.416 e. The molecule has 35 heavy (non-hydrogen) atoms. The van der Waals surface area contributed by atoms with Gasteiger partial charge in [0.05, 0.1) is 11.9 Å². The molecule has 5 rings (SSSR count). The number of anilines is 2. The van der Waals surface area contributed by atoms with Crippen molar-refractivity contribution < 1.29 is 13.2 Å². The highest BCUT2D eigenvalue weighted by Crippen LogP contribution is 2.30. The predicted octanol–water partition coefficient (Wildman–Crippen LogP) is 5.06. The quantitative estimate of drug-likeness (QED) is 0.342. The number of hydrogen-bond acceptors (Lipinski definition) is 6. The summed E-state index contributed by atoms with van der Waals surface area (Å²) in [4.78, 5) is 18.8. The molecule has 7 nitrogen and oxygen atoms in total. The normalized spacial score (nSPS) is 15.4. The Morgan fingerprint density at radius 2 is 1.74 bits per heavy atom. The summed E-state index contributed by atoms with van der Waals surface area (Å²) in [5, 5.41) is 6.57. The third-order valence-corrected chi connectivity index (χ3v) is 6.17. The fourth-order valence-corrected chi connectivity index (χ4v) is 4.33. The smallest absolute Gasteiger partial charge is 0.365 e. The first kappa shape index (κ1) is 23.1. The van der Waals surface area contributed by atoms with Gasteiger partial charge in [-0.3, -0.25) is 4.90 Å². The number of imidazole rings is 1. The molecular formula is C25H26F3N7. The Morgan fingerprint density at radius 1 is 0.971 bits per heavy atom. The van der Waals surface area contributed by atoms with Gasteiger partial charge < -0.3 is 15.6 Å². The highest BCUT2D eigenvalue weighted by atomic mass is 19.4. The number of rotatable bonds is 7. The van der Waals surface area contributed by atoms with E-state index in [1.54, 1.807) is 12.4 Å². The maximum atomic E-state index is 13.0. The van der Waals surface area contributed by atoms with Crippen LogP contribution in [0.4, 0.5) is 24.9 Å². The van der Waals surface area contributed by atoms with Gasteiger partial charge in [0, 0.05) is 32.2 Å². The third-order valence-electron chi connectivity index (χ3n) is 6.17. The van der Waals surface area contributed by atoms with E-state index in [1.807, 2.05) is 6.07 Å². The van der Waals surface area contributed by atoms with Crippen LogP contribution in [-0.4, -0.2) is 44.0 Å². The number of likely N-dealkylation sites (tertiary alicyclic amines) is 1. The number of nitrogens with zero attached hydrogens (tertiary/aromatic N) is 4. The van der Waals surface area contributed by atoms with Gasteiger partial charge in [0.15, 0.2) is 11.5 Å². The van der Waals surface area contributed by atoms with Crippen molar-refractivity contribution in [1.29, 1.82) is 0 Å². The molecule has 0 atom stereocenters. The van der Waals surface area contributed by atoms with Crippen molar-refractivity contribution in [3.8, 4) is 0 Å². The van der Waals surface area contributed by atoms with Crippen molar-refractivity contribution in [1.82, 2.24) is 24.8 Å². The number of H-pyrrole nitrogens is 1. The van der Waals surface area contributed by atoms with Crippen LogP contribution in [0.3, 0.4) is 0 Å². The van der Waals surface area contributed by atoms with E-state index in [0.29, 0.717) is 28.5 Å². The highest BCUT2D eigenvalue weighted by Gasteiger charge is 2.30. The van der Waals surface area contributed by atoms with Crippen molar-refractivity contribution in [2.24, 2.45) is 0 Å². The van der Waals surface area contributed by atoms with Gasteiger partial charge in [0.25, 0.3) is 0 Å². The summed E-state index contributed by atoms with van der Waals surface area (Å²) < 4.78 is 39.0. The van der Waals surface area contributed by atoms with Gasteiger partial charge in [-0.05, 0) is 36.1 Å². The molecule has 0 radical (unpaired) electrons. The lowest BCUT2D eigenvalue weighted by Gasteiger charge is -2.32. The number of halogens is 3. The van der Waals surface area contributed by atoms with Crippen molar-refractivity contribution in [3.63, 3.8) is 0 Å². The van der Waals surface area contributed by atoms with E-state index in [-0.39, 0.29) is 12.6 Å². The summed E-state index contributed by atoms with van der Waals surface area (Å²) in [5.74, 6) is 0.951. The lowest BCUT2D eigenvalue weighted by Crippen LogP contribution is -2.38. The van der Waals surface area contributed by atoms with Crippen LogP contribution < -0.4 is 10.6 Å². The molecule has 1 aliphatic rings. The summed E-state index contributed by atoms with van der Waals surface area (Å²) in [6, 6.07) is 15.9. The number of aromatic nitrogens is 4. The molecule has 0 bridgehead atoms. The van der Waals surface area contributed by atoms with Gasteiger partial charge in [-0.15, -0.1) is 0 Å². The molecule has 10 heteroatoms.